The van der Waals surface area contributed by atoms with E-state index in [-0.39, 0.29) is 12.4 Å². The third-order valence-corrected chi connectivity index (χ3v) is 1.09. The molecule has 0 spiro atoms. The molecule has 0 atom stereocenters. The van der Waals surface area contributed by atoms with Crippen LogP contribution in [0.1, 0.15) is 6.92 Å². The summed E-state index contributed by atoms with van der Waals surface area (Å²) in [6.45, 7) is 2.92. The number of nitrogen functional groups attached to an aromatic ring is 1. The topological polar surface area (TPSA) is 43.8 Å². The monoisotopic (exact) mass is 147 g/mol. The van der Waals surface area contributed by atoms with Crippen molar-refractivity contribution in [2.24, 2.45) is 0 Å². The molecule has 0 aliphatic carbocycles. The van der Waals surface area contributed by atoms with E-state index >= 15 is 0 Å². The van der Waals surface area contributed by atoms with Crippen LogP contribution in [0.25, 0.3) is 0 Å². The molecule has 0 saturated carbocycles. The third kappa shape index (κ3) is 1.61. The summed E-state index contributed by atoms with van der Waals surface area (Å²) in [6, 6.07) is 0. The number of aryl methyl sites for hydroxylation is 1. The van der Waals surface area contributed by atoms with Gasteiger partial charge in [-0.15, -0.1) is 12.4 Å². The van der Waals surface area contributed by atoms with Gasteiger partial charge in [0, 0.05) is 6.54 Å². The van der Waals surface area contributed by atoms with Crippen molar-refractivity contribution in [3.8, 4) is 0 Å². The maximum absolute atomic E-state index is 5.45. The normalized spacial score (nSPS) is 8.56. The van der Waals surface area contributed by atoms with E-state index in [1.54, 1.807) is 12.5 Å². The first kappa shape index (κ1) is 8.30. The quantitative estimate of drug-likeness (QED) is 0.642. The maximum Gasteiger partial charge on any atom is 0.123 e. The molecular formula is C5H10ClN3. The highest BCUT2D eigenvalue weighted by Crippen LogP contribution is 1.97. The van der Waals surface area contributed by atoms with E-state index in [1.165, 1.54) is 0 Å². The van der Waals surface area contributed by atoms with Gasteiger partial charge >= 0.3 is 0 Å². The highest BCUT2D eigenvalue weighted by Gasteiger charge is 1.89. The SMILES string of the molecule is CCn1cncc1N.Cl. The molecule has 0 amide bonds. The predicted octanol–water partition coefficient (Wildman–Crippen LogP) is 0.907. The Morgan fingerprint density at radius 1 is 1.78 bits per heavy atom. The second-order valence-corrected chi connectivity index (χ2v) is 1.60. The summed E-state index contributed by atoms with van der Waals surface area (Å²) in [5.41, 5.74) is 5.45. The van der Waals surface area contributed by atoms with Gasteiger partial charge in [0.15, 0.2) is 0 Å². The summed E-state index contributed by atoms with van der Waals surface area (Å²) in [7, 11) is 0. The van der Waals surface area contributed by atoms with E-state index < -0.39 is 0 Å². The molecule has 4 heteroatoms. The minimum absolute atomic E-state index is 0. The zero-order chi connectivity index (χ0) is 5.98. The molecule has 0 radical (unpaired) electrons. The average molecular weight is 148 g/mol. The van der Waals surface area contributed by atoms with Gasteiger partial charge < -0.3 is 10.3 Å². The predicted molar refractivity (Wildman–Crippen MR) is 39.6 cm³/mol. The van der Waals surface area contributed by atoms with Crippen molar-refractivity contribution in [1.29, 1.82) is 0 Å². The summed E-state index contributed by atoms with van der Waals surface area (Å²) in [5, 5.41) is 0. The van der Waals surface area contributed by atoms with Crippen molar-refractivity contribution in [3.63, 3.8) is 0 Å². The third-order valence-electron chi connectivity index (χ3n) is 1.09. The van der Waals surface area contributed by atoms with Crippen molar-refractivity contribution < 1.29 is 0 Å². The van der Waals surface area contributed by atoms with E-state index in [0.717, 1.165) is 12.4 Å². The molecule has 0 aliphatic heterocycles. The standard InChI is InChI=1S/C5H9N3.ClH/c1-2-8-4-7-3-5(8)6;/h3-4H,2,6H2,1H3;1H. The van der Waals surface area contributed by atoms with Crippen molar-refractivity contribution >= 4 is 18.2 Å². The number of nitrogens with two attached hydrogens (primary N) is 1. The van der Waals surface area contributed by atoms with Crippen molar-refractivity contribution in [3.05, 3.63) is 12.5 Å². The van der Waals surface area contributed by atoms with Crippen LogP contribution in [-0.4, -0.2) is 9.55 Å². The van der Waals surface area contributed by atoms with Gasteiger partial charge in [-0.2, -0.15) is 0 Å². The van der Waals surface area contributed by atoms with E-state index in [9.17, 15) is 0 Å². The first-order valence-electron chi connectivity index (χ1n) is 2.60. The zero-order valence-corrected chi connectivity index (χ0v) is 6.06. The minimum Gasteiger partial charge on any atom is -0.384 e. The van der Waals surface area contributed by atoms with E-state index in [1.807, 2.05) is 11.5 Å². The molecule has 0 bridgehead atoms. The van der Waals surface area contributed by atoms with E-state index in [4.69, 9.17) is 5.73 Å². The van der Waals surface area contributed by atoms with Crippen LogP contribution in [-0.2, 0) is 6.54 Å². The van der Waals surface area contributed by atoms with Crippen LogP contribution in [0.3, 0.4) is 0 Å². The number of halogens is 1. The van der Waals surface area contributed by atoms with Crippen LogP contribution in [0.15, 0.2) is 12.5 Å². The summed E-state index contributed by atoms with van der Waals surface area (Å²) in [4.78, 5) is 3.83. The highest BCUT2D eigenvalue weighted by molar-refractivity contribution is 5.85. The van der Waals surface area contributed by atoms with Gasteiger partial charge in [-0.1, -0.05) is 0 Å². The lowest BCUT2D eigenvalue weighted by Crippen LogP contribution is -1.97. The number of hydrogen-bond acceptors (Lipinski definition) is 2. The second kappa shape index (κ2) is 3.35. The second-order valence-electron chi connectivity index (χ2n) is 1.60. The maximum atomic E-state index is 5.45. The van der Waals surface area contributed by atoms with Crippen molar-refractivity contribution in [1.82, 2.24) is 9.55 Å². The number of rotatable bonds is 1. The lowest BCUT2D eigenvalue weighted by molar-refractivity contribution is 0.771. The van der Waals surface area contributed by atoms with Crippen LogP contribution in [0.2, 0.25) is 0 Å². The Morgan fingerprint density at radius 3 is 2.67 bits per heavy atom. The molecule has 0 fully saturated rings. The fourth-order valence-corrected chi connectivity index (χ4v) is 0.595. The Balaban J connectivity index is 0.000000640. The fourth-order valence-electron chi connectivity index (χ4n) is 0.595. The van der Waals surface area contributed by atoms with Gasteiger partial charge in [-0.05, 0) is 6.92 Å². The highest BCUT2D eigenvalue weighted by atomic mass is 35.5. The Kier molecular flexibility index (Phi) is 3.09. The molecule has 0 aliphatic rings. The number of imidazole rings is 1. The van der Waals surface area contributed by atoms with Gasteiger partial charge in [0.05, 0.1) is 12.5 Å². The number of nitrogens with zero attached hydrogens (tertiary/aromatic N) is 2. The number of anilines is 1. The van der Waals surface area contributed by atoms with Gasteiger partial charge in [0.25, 0.3) is 0 Å². The summed E-state index contributed by atoms with van der Waals surface area (Å²) in [6.07, 6.45) is 3.36. The molecule has 2 N–H and O–H groups in total. The van der Waals surface area contributed by atoms with Crippen LogP contribution in [0, 0.1) is 0 Å². The number of aromatic nitrogens is 2. The molecule has 0 unspecified atom stereocenters. The molecule has 3 nitrogen and oxygen atoms in total. The first-order valence-corrected chi connectivity index (χ1v) is 2.60. The average Bonchev–Trinajstić information content (AvgIpc) is 2.14. The molecule has 52 valence electrons. The van der Waals surface area contributed by atoms with Crippen molar-refractivity contribution in [2.75, 3.05) is 5.73 Å². The molecule has 0 aromatic carbocycles. The smallest absolute Gasteiger partial charge is 0.123 e. The molecule has 9 heavy (non-hydrogen) atoms. The Hall–Kier alpha value is -0.700. The van der Waals surface area contributed by atoms with Gasteiger partial charge in [0.2, 0.25) is 0 Å². The molecule has 1 aromatic heterocycles. The first-order chi connectivity index (χ1) is 3.84. The largest absolute Gasteiger partial charge is 0.384 e. The van der Waals surface area contributed by atoms with Gasteiger partial charge in [-0.3, -0.25) is 0 Å². The van der Waals surface area contributed by atoms with Crippen LogP contribution >= 0.6 is 12.4 Å². The van der Waals surface area contributed by atoms with Crippen LogP contribution in [0.4, 0.5) is 5.82 Å². The summed E-state index contributed by atoms with van der Waals surface area (Å²) in [5.74, 6) is 0.729. The van der Waals surface area contributed by atoms with Gasteiger partial charge in [-0.25, -0.2) is 4.98 Å². The summed E-state index contributed by atoms with van der Waals surface area (Å²) < 4.78 is 1.88. The Bertz CT molecular complexity index is 172. The van der Waals surface area contributed by atoms with E-state index in [0.29, 0.717) is 0 Å². The Labute approximate surface area is 60.3 Å². The lowest BCUT2D eigenvalue weighted by atomic mass is 10.7. The lowest BCUT2D eigenvalue weighted by Gasteiger charge is -1.95. The van der Waals surface area contributed by atoms with E-state index in [2.05, 4.69) is 4.98 Å². The zero-order valence-electron chi connectivity index (χ0n) is 5.24. The summed E-state index contributed by atoms with van der Waals surface area (Å²) >= 11 is 0. The van der Waals surface area contributed by atoms with Crippen molar-refractivity contribution in [2.45, 2.75) is 13.5 Å². The Morgan fingerprint density at radius 2 is 2.44 bits per heavy atom. The molecular weight excluding hydrogens is 138 g/mol. The number of hydrogen-bond donors (Lipinski definition) is 1. The molecule has 1 heterocycles. The van der Waals surface area contributed by atoms with Crippen LogP contribution < -0.4 is 5.73 Å². The molecule has 0 saturated heterocycles. The fraction of sp³-hybridized carbons (Fsp3) is 0.400. The molecule has 1 aromatic rings. The minimum atomic E-state index is 0. The molecule has 1 rings (SSSR count). The van der Waals surface area contributed by atoms with Crippen LogP contribution in [0.5, 0.6) is 0 Å². The van der Waals surface area contributed by atoms with Gasteiger partial charge in [0.1, 0.15) is 5.82 Å².